The minimum atomic E-state index is -4.65. The molecule has 0 bridgehead atoms. The van der Waals surface area contributed by atoms with Crippen molar-refractivity contribution in [3.05, 3.63) is 137 Å². The Morgan fingerprint density at radius 2 is 1.00 bits per heavy atom. The number of hydrogen-bond donors (Lipinski definition) is 1. The average Bonchev–Trinajstić information content (AvgIpc) is 2.79. The Morgan fingerprint density at radius 3 is 1.47 bits per heavy atom. The molecule has 0 saturated carbocycles. The van der Waals surface area contributed by atoms with Crippen LogP contribution in [0.3, 0.4) is 0 Å². The highest BCUT2D eigenvalue weighted by Crippen LogP contribution is 2.32. The summed E-state index contributed by atoms with van der Waals surface area (Å²) in [7, 11) is -4.65. The molecule has 32 heavy (non-hydrogen) atoms. The van der Waals surface area contributed by atoms with Gasteiger partial charge >= 0.3 is 10.4 Å². The minimum absolute atomic E-state index is 0.152. The van der Waals surface area contributed by atoms with Crippen molar-refractivity contribution in [1.29, 1.82) is 0 Å². The van der Waals surface area contributed by atoms with Crippen LogP contribution < -0.4 is 4.18 Å². The van der Waals surface area contributed by atoms with Gasteiger partial charge in [-0.1, -0.05) is 97.1 Å². The maximum Gasteiger partial charge on any atom is 0.446 e. The molecule has 4 rings (SSSR count). The summed E-state index contributed by atoms with van der Waals surface area (Å²) in [6.45, 7) is 0. The summed E-state index contributed by atoms with van der Waals surface area (Å²) in [6, 6.07) is 33.5. The van der Waals surface area contributed by atoms with Crippen molar-refractivity contribution < 1.29 is 17.2 Å². The number of benzene rings is 4. The highest BCUT2D eigenvalue weighted by molar-refractivity contribution is 7.81. The molecule has 0 spiro atoms. The van der Waals surface area contributed by atoms with E-state index in [4.69, 9.17) is 4.18 Å². The molecule has 1 N–H and O–H groups in total. The van der Waals surface area contributed by atoms with E-state index in [1.54, 1.807) is 6.07 Å². The van der Waals surface area contributed by atoms with Crippen LogP contribution in [0.1, 0.15) is 33.4 Å². The van der Waals surface area contributed by atoms with Gasteiger partial charge in [0.1, 0.15) is 5.75 Å². The first-order chi connectivity index (χ1) is 15.5. The molecule has 0 saturated heterocycles. The maximum absolute atomic E-state index is 11.6. The van der Waals surface area contributed by atoms with E-state index in [0.717, 1.165) is 33.4 Å². The normalized spacial score (nSPS) is 11.3. The van der Waals surface area contributed by atoms with Crippen LogP contribution in [0.4, 0.5) is 0 Å². The van der Waals surface area contributed by atoms with E-state index < -0.39 is 10.4 Å². The van der Waals surface area contributed by atoms with Crippen LogP contribution in [0.5, 0.6) is 5.75 Å². The SMILES string of the molecule is O=S(=O)(O)Oc1ccc(Cc2ccccc2)c(Cc2ccccc2)c1Cc1ccccc1. The molecule has 0 aliphatic heterocycles. The van der Waals surface area contributed by atoms with Gasteiger partial charge in [0.2, 0.25) is 0 Å². The second-order valence-electron chi connectivity index (χ2n) is 7.68. The second kappa shape index (κ2) is 9.81. The van der Waals surface area contributed by atoms with Gasteiger partial charge in [0, 0.05) is 12.0 Å². The number of rotatable bonds is 8. The van der Waals surface area contributed by atoms with E-state index in [1.807, 2.05) is 72.8 Å². The largest absolute Gasteiger partial charge is 0.446 e. The van der Waals surface area contributed by atoms with Gasteiger partial charge < -0.3 is 4.18 Å². The molecule has 0 aliphatic rings. The summed E-state index contributed by atoms with van der Waals surface area (Å²) in [5.41, 5.74) is 6.15. The van der Waals surface area contributed by atoms with E-state index in [-0.39, 0.29) is 5.75 Å². The summed E-state index contributed by atoms with van der Waals surface area (Å²) in [6.07, 6.45) is 1.81. The molecule has 0 fully saturated rings. The van der Waals surface area contributed by atoms with E-state index in [9.17, 15) is 13.0 Å². The first kappa shape index (κ1) is 21.8. The Labute approximate surface area is 189 Å². The van der Waals surface area contributed by atoms with Crippen LogP contribution in [0.2, 0.25) is 0 Å². The summed E-state index contributed by atoms with van der Waals surface area (Å²) in [5, 5.41) is 0. The fourth-order valence-corrected chi connectivity index (χ4v) is 4.29. The first-order valence-electron chi connectivity index (χ1n) is 10.4. The maximum atomic E-state index is 11.6. The second-order valence-corrected chi connectivity index (χ2v) is 8.70. The molecule has 4 aromatic carbocycles. The Morgan fingerprint density at radius 1 is 0.562 bits per heavy atom. The lowest BCUT2D eigenvalue weighted by Gasteiger charge is -2.19. The molecule has 162 valence electrons. The van der Waals surface area contributed by atoms with E-state index in [2.05, 4.69) is 24.3 Å². The zero-order chi connectivity index (χ0) is 22.4. The van der Waals surface area contributed by atoms with Crippen LogP contribution in [-0.2, 0) is 29.7 Å². The van der Waals surface area contributed by atoms with Crippen LogP contribution in [0, 0.1) is 0 Å². The minimum Gasteiger partial charge on any atom is -0.361 e. The molecule has 0 heterocycles. The molecule has 0 atom stereocenters. The summed E-state index contributed by atoms with van der Waals surface area (Å²) in [4.78, 5) is 0. The topological polar surface area (TPSA) is 63.6 Å². The van der Waals surface area contributed by atoms with Crippen LogP contribution in [-0.4, -0.2) is 13.0 Å². The van der Waals surface area contributed by atoms with Crippen LogP contribution in [0.15, 0.2) is 103 Å². The fourth-order valence-electron chi connectivity index (χ4n) is 3.91. The van der Waals surface area contributed by atoms with Gasteiger partial charge in [0.05, 0.1) is 0 Å². The zero-order valence-electron chi connectivity index (χ0n) is 17.5. The van der Waals surface area contributed by atoms with E-state index in [1.165, 1.54) is 0 Å². The van der Waals surface area contributed by atoms with Crippen molar-refractivity contribution in [1.82, 2.24) is 0 Å². The molecule has 5 heteroatoms. The summed E-state index contributed by atoms with van der Waals surface area (Å²) in [5.74, 6) is 0.152. The number of hydrogen-bond acceptors (Lipinski definition) is 3. The summed E-state index contributed by atoms with van der Waals surface area (Å²) < 4.78 is 37.6. The quantitative estimate of drug-likeness (QED) is 0.357. The lowest BCUT2D eigenvalue weighted by Crippen LogP contribution is -2.12. The van der Waals surface area contributed by atoms with Gasteiger partial charge in [-0.3, -0.25) is 4.55 Å². The Bertz CT molecular complexity index is 1270. The van der Waals surface area contributed by atoms with Crippen molar-refractivity contribution in [2.75, 3.05) is 0 Å². The average molecular weight is 445 g/mol. The van der Waals surface area contributed by atoms with Crippen molar-refractivity contribution in [3.63, 3.8) is 0 Å². The molecule has 0 aliphatic carbocycles. The van der Waals surface area contributed by atoms with Gasteiger partial charge in [0.15, 0.2) is 0 Å². The van der Waals surface area contributed by atoms with Crippen molar-refractivity contribution in [2.45, 2.75) is 19.3 Å². The van der Waals surface area contributed by atoms with Crippen molar-refractivity contribution in [3.8, 4) is 5.75 Å². The lowest BCUT2D eigenvalue weighted by atomic mass is 9.88. The summed E-state index contributed by atoms with van der Waals surface area (Å²) >= 11 is 0. The van der Waals surface area contributed by atoms with Crippen LogP contribution >= 0.6 is 0 Å². The monoisotopic (exact) mass is 444 g/mol. The highest BCUT2D eigenvalue weighted by Gasteiger charge is 2.19. The van der Waals surface area contributed by atoms with E-state index in [0.29, 0.717) is 19.3 Å². The van der Waals surface area contributed by atoms with Gasteiger partial charge in [-0.25, -0.2) is 0 Å². The molecule has 0 unspecified atom stereocenters. The van der Waals surface area contributed by atoms with Gasteiger partial charge in [0.25, 0.3) is 0 Å². The highest BCUT2D eigenvalue weighted by atomic mass is 32.3. The molecule has 0 radical (unpaired) electrons. The predicted octanol–water partition coefficient (Wildman–Crippen LogP) is 5.64. The molecular formula is C27H24O4S. The van der Waals surface area contributed by atoms with Crippen molar-refractivity contribution in [2.24, 2.45) is 0 Å². The Kier molecular flexibility index (Phi) is 6.69. The molecule has 0 aromatic heterocycles. The smallest absolute Gasteiger partial charge is 0.361 e. The molecular weight excluding hydrogens is 420 g/mol. The Balaban J connectivity index is 1.86. The third-order valence-electron chi connectivity index (χ3n) is 5.37. The van der Waals surface area contributed by atoms with Gasteiger partial charge in [-0.05, 0) is 46.7 Å². The Hall–Kier alpha value is -3.41. The third-order valence-corrected chi connectivity index (χ3v) is 5.76. The van der Waals surface area contributed by atoms with E-state index >= 15 is 0 Å². The van der Waals surface area contributed by atoms with Crippen LogP contribution in [0.25, 0.3) is 0 Å². The third kappa shape index (κ3) is 5.84. The lowest BCUT2D eigenvalue weighted by molar-refractivity contribution is 0.385. The molecule has 0 amide bonds. The first-order valence-corrected chi connectivity index (χ1v) is 11.8. The molecule has 4 aromatic rings. The van der Waals surface area contributed by atoms with Gasteiger partial charge in [-0.2, -0.15) is 8.42 Å². The standard InChI is InChI=1S/C27H24O4S/c28-32(29,30)31-27-17-16-24(18-21-10-4-1-5-11-21)25(19-22-12-6-2-7-13-22)26(27)20-23-14-8-3-9-15-23/h1-17H,18-20H2,(H,28,29,30). The van der Waals surface area contributed by atoms with Crippen molar-refractivity contribution >= 4 is 10.4 Å². The predicted molar refractivity (Wildman–Crippen MR) is 126 cm³/mol. The fraction of sp³-hybridized carbons (Fsp3) is 0.111. The molecule has 4 nitrogen and oxygen atoms in total. The van der Waals surface area contributed by atoms with Gasteiger partial charge in [-0.15, -0.1) is 0 Å². The zero-order valence-corrected chi connectivity index (χ0v) is 18.3.